The lowest BCUT2D eigenvalue weighted by Gasteiger charge is -2.36. The molecule has 0 bridgehead atoms. The first-order valence-electron chi connectivity index (χ1n) is 7.81. The molecule has 3 aliphatic carbocycles. The molecular formula is C15H28N2. The van der Waals surface area contributed by atoms with Gasteiger partial charge in [-0.3, -0.25) is 4.90 Å². The molecule has 2 nitrogen and oxygen atoms in total. The fourth-order valence-electron chi connectivity index (χ4n) is 3.58. The van der Waals surface area contributed by atoms with E-state index in [1.165, 1.54) is 64.3 Å². The van der Waals surface area contributed by atoms with Crippen molar-refractivity contribution in [2.24, 2.45) is 5.92 Å². The first-order chi connectivity index (χ1) is 8.38. The molecule has 0 aromatic carbocycles. The fourth-order valence-corrected chi connectivity index (χ4v) is 3.58. The second kappa shape index (κ2) is 5.27. The smallest absolute Gasteiger partial charge is 0.0252 e. The third-order valence-corrected chi connectivity index (χ3v) is 4.96. The third kappa shape index (κ3) is 3.03. The highest BCUT2D eigenvalue weighted by atomic mass is 15.2. The lowest BCUT2D eigenvalue weighted by atomic mass is 10.0. The molecule has 0 radical (unpaired) electrons. The molecule has 0 saturated heterocycles. The van der Waals surface area contributed by atoms with Crippen LogP contribution in [0.2, 0.25) is 0 Å². The van der Waals surface area contributed by atoms with Gasteiger partial charge in [0.1, 0.15) is 0 Å². The van der Waals surface area contributed by atoms with Crippen molar-refractivity contribution in [1.82, 2.24) is 10.2 Å². The van der Waals surface area contributed by atoms with Gasteiger partial charge in [-0.2, -0.15) is 0 Å². The molecule has 2 heteroatoms. The van der Waals surface area contributed by atoms with E-state index in [0.29, 0.717) is 0 Å². The van der Waals surface area contributed by atoms with Gasteiger partial charge in [0.15, 0.2) is 0 Å². The Morgan fingerprint density at radius 2 is 1.71 bits per heavy atom. The van der Waals surface area contributed by atoms with E-state index >= 15 is 0 Å². The Morgan fingerprint density at radius 3 is 2.35 bits per heavy atom. The molecule has 1 N–H and O–H groups in total. The maximum absolute atomic E-state index is 3.61. The van der Waals surface area contributed by atoms with Crippen LogP contribution < -0.4 is 5.32 Å². The molecular weight excluding hydrogens is 208 g/mol. The Hall–Kier alpha value is -0.0800. The summed E-state index contributed by atoms with van der Waals surface area (Å²) in [5.41, 5.74) is 0. The molecule has 0 amide bonds. The maximum Gasteiger partial charge on any atom is 0.0252 e. The zero-order valence-electron chi connectivity index (χ0n) is 11.3. The van der Waals surface area contributed by atoms with Crippen molar-refractivity contribution in [3.05, 3.63) is 0 Å². The Labute approximate surface area is 106 Å². The highest BCUT2D eigenvalue weighted by molar-refractivity contribution is 4.96. The first kappa shape index (κ1) is 12.0. The van der Waals surface area contributed by atoms with Crippen molar-refractivity contribution in [2.45, 2.75) is 75.9 Å². The van der Waals surface area contributed by atoms with E-state index in [1.807, 2.05) is 0 Å². The third-order valence-electron chi connectivity index (χ3n) is 4.96. The van der Waals surface area contributed by atoms with Crippen molar-refractivity contribution < 1.29 is 0 Å². The van der Waals surface area contributed by atoms with Gasteiger partial charge >= 0.3 is 0 Å². The molecule has 0 aromatic rings. The highest BCUT2D eigenvalue weighted by Gasteiger charge is 2.39. The molecule has 3 fully saturated rings. The number of rotatable bonds is 5. The van der Waals surface area contributed by atoms with E-state index in [1.54, 1.807) is 0 Å². The summed E-state index contributed by atoms with van der Waals surface area (Å²) in [6.07, 6.45) is 13.1. The van der Waals surface area contributed by atoms with Crippen LogP contribution in [-0.2, 0) is 0 Å². The highest BCUT2D eigenvalue weighted by Crippen LogP contribution is 2.38. The second-order valence-electron chi connectivity index (χ2n) is 6.47. The summed E-state index contributed by atoms with van der Waals surface area (Å²) in [5, 5.41) is 3.61. The Morgan fingerprint density at radius 1 is 0.941 bits per heavy atom. The van der Waals surface area contributed by atoms with Gasteiger partial charge < -0.3 is 5.32 Å². The van der Waals surface area contributed by atoms with E-state index in [0.717, 1.165) is 24.0 Å². The van der Waals surface area contributed by atoms with E-state index in [2.05, 4.69) is 17.3 Å². The normalized spacial score (nSPS) is 34.9. The molecule has 17 heavy (non-hydrogen) atoms. The van der Waals surface area contributed by atoms with Crippen LogP contribution >= 0.6 is 0 Å². The molecule has 0 heterocycles. The molecule has 2 unspecified atom stereocenters. The summed E-state index contributed by atoms with van der Waals surface area (Å²) in [4.78, 5) is 2.91. The van der Waals surface area contributed by atoms with Crippen molar-refractivity contribution in [1.29, 1.82) is 0 Å². The minimum absolute atomic E-state index is 0.761. The van der Waals surface area contributed by atoms with E-state index in [-0.39, 0.29) is 0 Å². The van der Waals surface area contributed by atoms with Gasteiger partial charge in [-0.05, 0) is 51.5 Å². The van der Waals surface area contributed by atoms with E-state index in [4.69, 9.17) is 0 Å². The summed E-state index contributed by atoms with van der Waals surface area (Å²) in [6, 6.07) is 2.56. The maximum atomic E-state index is 3.61. The average Bonchev–Trinajstić information content (AvgIpc) is 3.21. The molecule has 98 valence electrons. The van der Waals surface area contributed by atoms with Crippen molar-refractivity contribution in [3.8, 4) is 0 Å². The predicted molar refractivity (Wildman–Crippen MR) is 72.2 cm³/mol. The van der Waals surface area contributed by atoms with Gasteiger partial charge in [-0.15, -0.1) is 0 Å². The lowest BCUT2D eigenvalue weighted by Crippen LogP contribution is -2.50. The largest absolute Gasteiger partial charge is 0.315 e. The lowest BCUT2D eigenvalue weighted by molar-refractivity contribution is 0.136. The molecule has 3 rings (SSSR count). The van der Waals surface area contributed by atoms with Crippen LogP contribution in [-0.4, -0.2) is 36.6 Å². The monoisotopic (exact) mass is 236 g/mol. The van der Waals surface area contributed by atoms with Crippen LogP contribution in [0, 0.1) is 5.92 Å². The Kier molecular flexibility index (Phi) is 3.72. The zero-order chi connectivity index (χ0) is 11.7. The van der Waals surface area contributed by atoms with Crippen LogP contribution in [0.5, 0.6) is 0 Å². The SMILES string of the molecule is CNC1CCCCCC1N(CC1CC1)C1CC1. The zero-order valence-corrected chi connectivity index (χ0v) is 11.3. The molecule has 0 aliphatic heterocycles. The van der Waals surface area contributed by atoms with Crippen LogP contribution in [0.1, 0.15) is 57.8 Å². The minimum Gasteiger partial charge on any atom is -0.315 e. The van der Waals surface area contributed by atoms with Gasteiger partial charge in [0, 0.05) is 24.7 Å². The standard InChI is InChI=1S/C15H28N2/c1-16-14-5-3-2-4-6-15(14)17(13-9-10-13)11-12-7-8-12/h12-16H,2-11H2,1H3. The molecule has 3 saturated carbocycles. The van der Waals surface area contributed by atoms with Crippen molar-refractivity contribution >= 4 is 0 Å². The number of hydrogen-bond donors (Lipinski definition) is 1. The summed E-state index contributed by atoms with van der Waals surface area (Å²) in [6.45, 7) is 1.41. The molecule has 0 spiro atoms. The summed E-state index contributed by atoms with van der Waals surface area (Å²) in [5.74, 6) is 1.05. The quantitative estimate of drug-likeness (QED) is 0.738. The second-order valence-corrected chi connectivity index (χ2v) is 6.47. The van der Waals surface area contributed by atoms with Crippen LogP contribution in [0.25, 0.3) is 0 Å². The van der Waals surface area contributed by atoms with Crippen LogP contribution in [0.15, 0.2) is 0 Å². The van der Waals surface area contributed by atoms with Crippen LogP contribution in [0.3, 0.4) is 0 Å². The topological polar surface area (TPSA) is 15.3 Å². The predicted octanol–water partition coefficient (Wildman–Crippen LogP) is 2.78. The summed E-state index contributed by atoms with van der Waals surface area (Å²) < 4.78 is 0. The number of likely N-dealkylation sites (N-methyl/N-ethyl adjacent to an activating group) is 1. The van der Waals surface area contributed by atoms with E-state index in [9.17, 15) is 0 Å². The van der Waals surface area contributed by atoms with Gasteiger partial charge in [0.2, 0.25) is 0 Å². The Balaban J connectivity index is 1.66. The first-order valence-corrected chi connectivity index (χ1v) is 7.81. The average molecular weight is 236 g/mol. The Bertz CT molecular complexity index is 245. The van der Waals surface area contributed by atoms with Crippen molar-refractivity contribution in [3.63, 3.8) is 0 Å². The minimum atomic E-state index is 0.761. The summed E-state index contributed by atoms with van der Waals surface area (Å²) >= 11 is 0. The molecule has 3 aliphatic rings. The number of nitrogens with one attached hydrogen (secondary N) is 1. The van der Waals surface area contributed by atoms with Crippen LogP contribution in [0.4, 0.5) is 0 Å². The molecule has 2 atom stereocenters. The van der Waals surface area contributed by atoms with Gasteiger partial charge in [-0.25, -0.2) is 0 Å². The van der Waals surface area contributed by atoms with Gasteiger partial charge in [0.25, 0.3) is 0 Å². The van der Waals surface area contributed by atoms with Crippen molar-refractivity contribution in [2.75, 3.05) is 13.6 Å². The fraction of sp³-hybridized carbons (Fsp3) is 1.00. The van der Waals surface area contributed by atoms with Gasteiger partial charge in [-0.1, -0.05) is 19.3 Å². The van der Waals surface area contributed by atoms with Gasteiger partial charge in [0.05, 0.1) is 0 Å². The summed E-state index contributed by atoms with van der Waals surface area (Å²) in [7, 11) is 2.17. The van der Waals surface area contributed by atoms with E-state index < -0.39 is 0 Å². The number of hydrogen-bond acceptors (Lipinski definition) is 2. The number of nitrogens with zero attached hydrogens (tertiary/aromatic N) is 1. The molecule has 0 aromatic heterocycles.